The smallest absolute Gasteiger partial charge is 0.161 e. The highest BCUT2D eigenvalue weighted by molar-refractivity contribution is 5.43. The standard InChI is InChI=1S/C21H29N3O2/c1-24(2)19(18-7-8-18)14-23-12-16-6-9-20(25-3)21(11-16)26-15-17-5-4-10-22-13-17/h4-6,9-11,13,18-19,23H,7-8,12,14-15H2,1-3H3. The summed E-state index contributed by atoms with van der Waals surface area (Å²) < 4.78 is 11.4. The lowest BCUT2D eigenvalue weighted by molar-refractivity contribution is 0.255. The summed E-state index contributed by atoms with van der Waals surface area (Å²) >= 11 is 0. The lowest BCUT2D eigenvalue weighted by atomic mass is 10.1. The maximum Gasteiger partial charge on any atom is 0.161 e. The van der Waals surface area contributed by atoms with E-state index in [1.54, 1.807) is 13.3 Å². The average molecular weight is 355 g/mol. The summed E-state index contributed by atoms with van der Waals surface area (Å²) in [6.07, 6.45) is 6.30. The van der Waals surface area contributed by atoms with Crippen LogP contribution in [0.1, 0.15) is 24.0 Å². The zero-order chi connectivity index (χ0) is 18.4. The molecule has 0 bridgehead atoms. The van der Waals surface area contributed by atoms with Crippen molar-refractivity contribution in [2.75, 3.05) is 27.7 Å². The van der Waals surface area contributed by atoms with E-state index in [-0.39, 0.29) is 0 Å². The maximum absolute atomic E-state index is 5.97. The van der Waals surface area contributed by atoms with Gasteiger partial charge >= 0.3 is 0 Å². The van der Waals surface area contributed by atoms with Gasteiger partial charge < -0.3 is 19.7 Å². The normalized spacial score (nSPS) is 15.1. The van der Waals surface area contributed by atoms with Crippen molar-refractivity contribution < 1.29 is 9.47 Å². The molecule has 26 heavy (non-hydrogen) atoms. The van der Waals surface area contributed by atoms with Crippen LogP contribution in [0.5, 0.6) is 11.5 Å². The van der Waals surface area contributed by atoms with Crippen molar-refractivity contribution in [2.45, 2.75) is 32.0 Å². The first-order valence-corrected chi connectivity index (χ1v) is 9.23. The summed E-state index contributed by atoms with van der Waals surface area (Å²) in [6.45, 7) is 2.31. The first-order valence-electron chi connectivity index (χ1n) is 9.23. The summed E-state index contributed by atoms with van der Waals surface area (Å²) in [5.41, 5.74) is 2.23. The fraction of sp³-hybridized carbons (Fsp3) is 0.476. The van der Waals surface area contributed by atoms with E-state index in [0.29, 0.717) is 12.6 Å². The number of hydrogen-bond acceptors (Lipinski definition) is 5. The predicted molar refractivity (Wildman–Crippen MR) is 103 cm³/mol. The van der Waals surface area contributed by atoms with Gasteiger partial charge in [-0.3, -0.25) is 4.98 Å². The van der Waals surface area contributed by atoms with Gasteiger partial charge in [0.25, 0.3) is 0 Å². The van der Waals surface area contributed by atoms with Crippen LogP contribution in [0.2, 0.25) is 0 Å². The molecule has 1 heterocycles. The largest absolute Gasteiger partial charge is 0.493 e. The van der Waals surface area contributed by atoms with Gasteiger partial charge in [0.1, 0.15) is 6.61 Å². The van der Waals surface area contributed by atoms with Crippen LogP contribution in [0.4, 0.5) is 0 Å². The Kier molecular flexibility index (Phi) is 6.47. The molecule has 0 aliphatic heterocycles. The molecular formula is C21H29N3O2. The number of rotatable bonds is 10. The first-order chi connectivity index (χ1) is 12.7. The molecule has 1 aliphatic carbocycles. The van der Waals surface area contributed by atoms with Crippen LogP contribution < -0.4 is 14.8 Å². The van der Waals surface area contributed by atoms with Crippen LogP contribution in [-0.2, 0) is 13.2 Å². The van der Waals surface area contributed by atoms with E-state index >= 15 is 0 Å². The Bertz CT molecular complexity index is 685. The molecule has 140 valence electrons. The Labute approximate surface area is 156 Å². The second-order valence-electron chi connectivity index (χ2n) is 7.13. The van der Waals surface area contributed by atoms with Gasteiger partial charge in [-0.05, 0) is 56.6 Å². The molecule has 1 atom stereocenters. The Morgan fingerprint density at radius 3 is 2.69 bits per heavy atom. The van der Waals surface area contributed by atoms with Gasteiger partial charge in [0.15, 0.2) is 11.5 Å². The minimum absolute atomic E-state index is 0.478. The molecule has 0 amide bonds. The van der Waals surface area contributed by atoms with Crippen molar-refractivity contribution >= 4 is 0 Å². The molecule has 0 saturated heterocycles. The lowest BCUT2D eigenvalue weighted by Gasteiger charge is -2.24. The van der Waals surface area contributed by atoms with Crippen LogP contribution >= 0.6 is 0 Å². The van der Waals surface area contributed by atoms with Crippen molar-refractivity contribution in [1.29, 1.82) is 0 Å². The number of ether oxygens (including phenoxy) is 2. The number of nitrogens with one attached hydrogen (secondary N) is 1. The Morgan fingerprint density at radius 1 is 1.19 bits per heavy atom. The van der Waals surface area contributed by atoms with Crippen LogP contribution in [0.15, 0.2) is 42.7 Å². The fourth-order valence-electron chi connectivity index (χ4n) is 3.20. The molecule has 1 aromatic carbocycles. The van der Waals surface area contributed by atoms with Crippen LogP contribution in [0.25, 0.3) is 0 Å². The van der Waals surface area contributed by atoms with E-state index in [1.165, 1.54) is 18.4 Å². The lowest BCUT2D eigenvalue weighted by Crippen LogP contribution is -2.39. The third-order valence-corrected chi connectivity index (χ3v) is 4.86. The molecule has 1 aromatic heterocycles. The second-order valence-corrected chi connectivity index (χ2v) is 7.13. The molecule has 0 spiro atoms. The van der Waals surface area contributed by atoms with E-state index in [4.69, 9.17) is 9.47 Å². The second kappa shape index (κ2) is 9.01. The predicted octanol–water partition coefficient (Wildman–Crippen LogP) is 3.10. The quantitative estimate of drug-likeness (QED) is 0.710. The topological polar surface area (TPSA) is 46.6 Å². The van der Waals surface area contributed by atoms with Crippen LogP contribution in [-0.4, -0.2) is 43.7 Å². The van der Waals surface area contributed by atoms with E-state index in [1.807, 2.05) is 24.4 Å². The maximum atomic E-state index is 5.97. The zero-order valence-corrected chi connectivity index (χ0v) is 15.9. The average Bonchev–Trinajstić information content (AvgIpc) is 3.49. The molecule has 2 aromatic rings. The van der Waals surface area contributed by atoms with Gasteiger partial charge in [0, 0.05) is 37.1 Å². The molecule has 1 unspecified atom stereocenters. The molecule has 5 heteroatoms. The summed E-state index contributed by atoms with van der Waals surface area (Å²) in [6, 6.07) is 10.7. The number of aromatic nitrogens is 1. The molecule has 1 saturated carbocycles. The van der Waals surface area contributed by atoms with Crippen LogP contribution in [0.3, 0.4) is 0 Å². The van der Waals surface area contributed by atoms with Gasteiger partial charge in [-0.15, -0.1) is 0 Å². The third-order valence-electron chi connectivity index (χ3n) is 4.86. The molecule has 5 nitrogen and oxygen atoms in total. The monoisotopic (exact) mass is 355 g/mol. The molecular weight excluding hydrogens is 326 g/mol. The summed E-state index contributed by atoms with van der Waals surface area (Å²) in [4.78, 5) is 6.46. The minimum Gasteiger partial charge on any atom is -0.493 e. The van der Waals surface area contributed by atoms with Gasteiger partial charge in [0.2, 0.25) is 0 Å². The van der Waals surface area contributed by atoms with Crippen molar-refractivity contribution in [1.82, 2.24) is 15.2 Å². The van der Waals surface area contributed by atoms with Gasteiger partial charge in [0.05, 0.1) is 7.11 Å². The Hall–Kier alpha value is -2.11. The van der Waals surface area contributed by atoms with E-state index < -0.39 is 0 Å². The minimum atomic E-state index is 0.478. The number of benzene rings is 1. The molecule has 1 aliphatic rings. The van der Waals surface area contributed by atoms with Crippen molar-refractivity contribution in [3.05, 3.63) is 53.9 Å². The van der Waals surface area contributed by atoms with Gasteiger partial charge in [-0.1, -0.05) is 12.1 Å². The summed E-state index contributed by atoms with van der Waals surface area (Å²) in [5, 5.41) is 3.59. The number of nitrogens with zero attached hydrogens (tertiary/aromatic N) is 2. The Balaban J connectivity index is 1.57. The highest BCUT2D eigenvalue weighted by Gasteiger charge is 2.32. The number of pyridine rings is 1. The van der Waals surface area contributed by atoms with Gasteiger partial charge in [-0.25, -0.2) is 0 Å². The Morgan fingerprint density at radius 2 is 2.04 bits per heavy atom. The first kappa shape index (κ1) is 18.7. The van der Waals surface area contributed by atoms with Crippen molar-refractivity contribution in [2.24, 2.45) is 5.92 Å². The van der Waals surface area contributed by atoms with Gasteiger partial charge in [-0.2, -0.15) is 0 Å². The fourth-order valence-corrected chi connectivity index (χ4v) is 3.20. The third kappa shape index (κ3) is 5.19. The van der Waals surface area contributed by atoms with E-state index in [9.17, 15) is 0 Å². The molecule has 1 fully saturated rings. The van der Waals surface area contributed by atoms with E-state index in [0.717, 1.165) is 36.1 Å². The SMILES string of the molecule is COc1ccc(CNCC(C2CC2)N(C)C)cc1OCc1cccnc1. The van der Waals surface area contributed by atoms with Crippen molar-refractivity contribution in [3.63, 3.8) is 0 Å². The molecule has 3 rings (SSSR count). The molecule has 0 radical (unpaired) electrons. The highest BCUT2D eigenvalue weighted by Crippen LogP contribution is 2.34. The zero-order valence-electron chi connectivity index (χ0n) is 15.9. The highest BCUT2D eigenvalue weighted by atomic mass is 16.5. The summed E-state index contributed by atoms with van der Waals surface area (Å²) in [5.74, 6) is 2.37. The van der Waals surface area contributed by atoms with Crippen molar-refractivity contribution in [3.8, 4) is 11.5 Å². The van der Waals surface area contributed by atoms with E-state index in [2.05, 4.69) is 41.4 Å². The molecule has 1 N–H and O–H groups in total. The number of methoxy groups -OCH3 is 1. The van der Waals surface area contributed by atoms with Crippen LogP contribution in [0, 0.1) is 5.92 Å². The summed E-state index contributed by atoms with van der Waals surface area (Å²) in [7, 11) is 6.01. The number of hydrogen-bond donors (Lipinski definition) is 1. The number of likely N-dealkylation sites (N-methyl/N-ethyl adjacent to an activating group) is 1.